The SMILES string of the molecule is CNC(=O)CCCNc1cc(Cl)cc(C(F)(F)F)c1. The van der Waals surface area contributed by atoms with Crippen LogP contribution in [0, 0.1) is 0 Å². The fourth-order valence-corrected chi connectivity index (χ4v) is 1.70. The van der Waals surface area contributed by atoms with E-state index >= 15 is 0 Å². The number of carbonyl (C=O) groups excluding carboxylic acids is 1. The topological polar surface area (TPSA) is 41.1 Å². The number of anilines is 1. The lowest BCUT2D eigenvalue weighted by Gasteiger charge is -2.11. The summed E-state index contributed by atoms with van der Waals surface area (Å²) in [5.74, 6) is -0.108. The summed E-state index contributed by atoms with van der Waals surface area (Å²) in [5, 5.41) is 5.30. The van der Waals surface area contributed by atoms with Crippen LogP contribution in [0.4, 0.5) is 18.9 Å². The smallest absolute Gasteiger partial charge is 0.385 e. The van der Waals surface area contributed by atoms with Crippen LogP contribution >= 0.6 is 11.6 Å². The van der Waals surface area contributed by atoms with Crippen molar-refractivity contribution in [3.8, 4) is 0 Å². The van der Waals surface area contributed by atoms with Crippen LogP contribution in [0.25, 0.3) is 0 Å². The zero-order valence-corrected chi connectivity index (χ0v) is 11.0. The van der Waals surface area contributed by atoms with Gasteiger partial charge < -0.3 is 10.6 Å². The summed E-state index contributed by atoms with van der Waals surface area (Å²) in [6.07, 6.45) is -3.59. The third kappa shape index (κ3) is 5.38. The Morgan fingerprint density at radius 3 is 2.58 bits per heavy atom. The van der Waals surface area contributed by atoms with Gasteiger partial charge in [-0.25, -0.2) is 0 Å². The van der Waals surface area contributed by atoms with E-state index in [0.29, 0.717) is 19.4 Å². The Labute approximate surface area is 114 Å². The van der Waals surface area contributed by atoms with Crippen LogP contribution in [0.3, 0.4) is 0 Å². The van der Waals surface area contributed by atoms with Gasteiger partial charge in [0.2, 0.25) is 5.91 Å². The van der Waals surface area contributed by atoms with Crippen molar-refractivity contribution in [2.45, 2.75) is 19.0 Å². The fraction of sp³-hybridized carbons (Fsp3) is 0.417. The van der Waals surface area contributed by atoms with E-state index in [0.717, 1.165) is 12.1 Å². The number of rotatable bonds is 5. The molecular formula is C12H14ClF3N2O. The maximum Gasteiger partial charge on any atom is 0.416 e. The van der Waals surface area contributed by atoms with E-state index < -0.39 is 11.7 Å². The number of hydrogen-bond donors (Lipinski definition) is 2. The highest BCUT2D eigenvalue weighted by Crippen LogP contribution is 2.33. The van der Waals surface area contributed by atoms with Crippen molar-refractivity contribution in [2.75, 3.05) is 18.9 Å². The zero-order valence-electron chi connectivity index (χ0n) is 10.3. The number of halogens is 4. The second-order valence-corrected chi connectivity index (χ2v) is 4.37. The molecule has 0 atom stereocenters. The Balaban J connectivity index is 2.59. The van der Waals surface area contributed by atoms with Crippen molar-refractivity contribution in [2.24, 2.45) is 0 Å². The molecule has 0 aliphatic rings. The van der Waals surface area contributed by atoms with Crippen molar-refractivity contribution in [3.63, 3.8) is 0 Å². The molecule has 0 aliphatic carbocycles. The van der Waals surface area contributed by atoms with Gasteiger partial charge in [-0.3, -0.25) is 4.79 Å². The monoisotopic (exact) mass is 294 g/mol. The molecule has 0 bridgehead atoms. The molecule has 0 aliphatic heterocycles. The van der Waals surface area contributed by atoms with Crippen LogP contribution < -0.4 is 10.6 Å². The van der Waals surface area contributed by atoms with Gasteiger partial charge in [0.1, 0.15) is 0 Å². The van der Waals surface area contributed by atoms with E-state index in [4.69, 9.17) is 11.6 Å². The maximum absolute atomic E-state index is 12.5. The van der Waals surface area contributed by atoms with Crippen molar-refractivity contribution >= 4 is 23.2 Å². The molecule has 0 saturated carbocycles. The predicted molar refractivity (Wildman–Crippen MR) is 68.2 cm³/mol. The average molecular weight is 295 g/mol. The lowest BCUT2D eigenvalue weighted by molar-refractivity contribution is -0.137. The largest absolute Gasteiger partial charge is 0.416 e. The van der Waals surface area contributed by atoms with E-state index in [2.05, 4.69) is 10.6 Å². The number of alkyl halides is 3. The highest BCUT2D eigenvalue weighted by Gasteiger charge is 2.31. The lowest BCUT2D eigenvalue weighted by Crippen LogP contribution is -2.18. The molecular weight excluding hydrogens is 281 g/mol. The Morgan fingerprint density at radius 1 is 1.32 bits per heavy atom. The Kier molecular flexibility index (Phi) is 5.47. The number of nitrogens with one attached hydrogen (secondary N) is 2. The van der Waals surface area contributed by atoms with Crippen molar-refractivity contribution in [1.29, 1.82) is 0 Å². The fourth-order valence-electron chi connectivity index (χ4n) is 1.46. The first-order chi connectivity index (χ1) is 8.82. The molecule has 2 N–H and O–H groups in total. The van der Waals surface area contributed by atoms with E-state index in [1.54, 1.807) is 0 Å². The molecule has 3 nitrogen and oxygen atoms in total. The quantitative estimate of drug-likeness (QED) is 0.818. The van der Waals surface area contributed by atoms with Crippen LogP contribution in [-0.2, 0) is 11.0 Å². The first-order valence-corrected chi connectivity index (χ1v) is 6.03. The number of hydrogen-bond acceptors (Lipinski definition) is 2. The summed E-state index contributed by atoms with van der Waals surface area (Å²) in [6.45, 7) is 0.394. The van der Waals surface area contributed by atoms with Gasteiger partial charge >= 0.3 is 6.18 Å². The lowest BCUT2D eigenvalue weighted by atomic mass is 10.2. The highest BCUT2D eigenvalue weighted by molar-refractivity contribution is 6.30. The van der Waals surface area contributed by atoms with Crippen LogP contribution in [0.2, 0.25) is 5.02 Å². The van der Waals surface area contributed by atoms with Gasteiger partial charge in [-0.05, 0) is 24.6 Å². The molecule has 0 heterocycles. The molecule has 106 valence electrons. The molecule has 19 heavy (non-hydrogen) atoms. The Hall–Kier alpha value is -1.43. The second-order valence-electron chi connectivity index (χ2n) is 3.93. The molecule has 1 aromatic rings. The van der Waals surface area contributed by atoms with Gasteiger partial charge in [0.05, 0.1) is 5.56 Å². The van der Waals surface area contributed by atoms with Crippen molar-refractivity contribution < 1.29 is 18.0 Å². The average Bonchev–Trinajstić information content (AvgIpc) is 2.32. The standard InChI is InChI=1S/C12H14ClF3N2O/c1-17-11(19)3-2-4-18-10-6-8(12(14,15)16)5-9(13)7-10/h5-7,18H,2-4H2,1H3,(H,17,19). The number of benzene rings is 1. The minimum atomic E-state index is -4.43. The third-order valence-corrected chi connectivity index (χ3v) is 2.63. The van der Waals surface area contributed by atoms with Crippen molar-refractivity contribution in [3.05, 3.63) is 28.8 Å². The highest BCUT2D eigenvalue weighted by atomic mass is 35.5. The van der Waals surface area contributed by atoms with Gasteiger partial charge in [0.25, 0.3) is 0 Å². The summed E-state index contributed by atoms with van der Waals surface area (Å²) >= 11 is 5.64. The van der Waals surface area contributed by atoms with Crippen LogP contribution in [0.5, 0.6) is 0 Å². The van der Waals surface area contributed by atoms with E-state index in [9.17, 15) is 18.0 Å². The molecule has 0 unspecified atom stereocenters. The van der Waals surface area contributed by atoms with E-state index in [1.807, 2.05) is 0 Å². The molecule has 1 aromatic carbocycles. The third-order valence-electron chi connectivity index (χ3n) is 2.41. The molecule has 0 aromatic heterocycles. The van der Waals surface area contributed by atoms with E-state index in [1.165, 1.54) is 13.1 Å². The number of carbonyl (C=O) groups is 1. The van der Waals surface area contributed by atoms with Gasteiger partial charge in [0, 0.05) is 30.7 Å². The predicted octanol–water partition coefficient (Wildman–Crippen LogP) is 3.30. The first-order valence-electron chi connectivity index (χ1n) is 5.65. The molecule has 0 saturated heterocycles. The molecule has 1 rings (SSSR count). The minimum absolute atomic E-state index is 0.0172. The summed E-state index contributed by atoms with van der Waals surface area (Å²) in [7, 11) is 1.53. The van der Waals surface area contributed by atoms with Crippen molar-refractivity contribution in [1.82, 2.24) is 5.32 Å². The van der Waals surface area contributed by atoms with Crippen LogP contribution in [0.1, 0.15) is 18.4 Å². The molecule has 0 spiro atoms. The van der Waals surface area contributed by atoms with E-state index in [-0.39, 0.29) is 16.6 Å². The summed E-state index contributed by atoms with van der Waals surface area (Å²) < 4.78 is 37.6. The first kappa shape index (κ1) is 15.6. The molecule has 7 heteroatoms. The molecule has 0 fully saturated rings. The zero-order chi connectivity index (χ0) is 14.5. The molecule has 1 amide bonds. The van der Waals surface area contributed by atoms with Crippen LogP contribution in [0.15, 0.2) is 18.2 Å². The van der Waals surface area contributed by atoms with Gasteiger partial charge in [-0.1, -0.05) is 11.6 Å². The Bertz CT molecular complexity index is 449. The van der Waals surface area contributed by atoms with Gasteiger partial charge in [-0.2, -0.15) is 13.2 Å². The Morgan fingerprint density at radius 2 is 2.00 bits per heavy atom. The normalized spacial score (nSPS) is 11.2. The van der Waals surface area contributed by atoms with Gasteiger partial charge in [0.15, 0.2) is 0 Å². The maximum atomic E-state index is 12.5. The summed E-state index contributed by atoms with van der Waals surface area (Å²) in [6, 6.07) is 3.28. The number of amides is 1. The minimum Gasteiger partial charge on any atom is -0.385 e. The summed E-state index contributed by atoms with van der Waals surface area (Å²) in [4.78, 5) is 11.0. The van der Waals surface area contributed by atoms with Crippen LogP contribution in [-0.4, -0.2) is 19.5 Å². The van der Waals surface area contributed by atoms with Gasteiger partial charge in [-0.15, -0.1) is 0 Å². The second kappa shape index (κ2) is 6.65. The summed E-state index contributed by atoms with van der Waals surface area (Å²) in [5.41, 5.74) is -0.509. The molecule has 0 radical (unpaired) electrons.